The molecule has 4 saturated carbocycles. The number of carboxylic acid groups (broad SMARTS) is 1. The molecule has 1 aromatic rings. The molecule has 320 valence electrons. The van der Waals surface area contributed by atoms with Crippen LogP contribution in [0, 0.1) is 56.7 Å². The number of fused-ring (bicyclic) bond motifs is 7. The van der Waals surface area contributed by atoms with Gasteiger partial charge in [-0.2, -0.15) is 0 Å². The molecule has 0 saturated heterocycles. The third-order valence-electron chi connectivity index (χ3n) is 16.2. The molecule has 8 atom stereocenters. The van der Waals surface area contributed by atoms with Gasteiger partial charge >= 0.3 is 11.9 Å². The SMILES string of the molecule is CC(C)C1=C2C3CCC4C(C)(CCC5C(C)(C)C(OC(=O)CC(C)(C)C(=O)O)CCC54C)C3CCC2(CCN(CCN(C)C)Cc2ccc(Cl)cc2)CC1=O.CO. The zero-order valence-corrected chi connectivity index (χ0v) is 37.9. The Morgan fingerprint density at radius 1 is 0.895 bits per heavy atom. The van der Waals surface area contributed by atoms with Crippen molar-refractivity contribution in [2.75, 3.05) is 40.8 Å². The van der Waals surface area contributed by atoms with Gasteiger partial charge in [-0.25, -0.2) is 0 Å². The van der Waals surface area contributed by atoms with Gasteiger partial charge in [0.25, 0.3) is 0 Å². The van der Waals surface area contributed by atoms with E-state index >= 15 is 0 Å². The topological polar surface area (TPSA) is 107 Å². The summed E-state index contributed by atoms with van der Waals surface area (Å²) in [6, 6.07) is 8.27. The van der Waals surface area contributed by atoms with E-state index in [0.717, 1.165) is 76.8 Å². The number of aliphatic carboxylic acids is 1. The first kappa shape index (κ1) is 45.8. The van der Waals surface area contributed by atoms with Crippen molar-refractivity contribution < 1.29 is 29.3 Å². The van der Waals surface area contributed by atoms with Gasteiger partial charge in [0.1, 0.15) is 6.10 Å². The lowest BCUT2D eigenvalue weighted by molar-refractivity contribution is -0.214. The fourth-order valence-electron chi connectivity index (χ4n) is 13.4. The number of ether oxygens (including phenoxy) is 1. The van der Waals surface area contributed by atoms with Crippen LogP contribution in [-0.4, -0.2) is 84.7 Å². The minimum absolute atomic E-state index is 0.0440. The fraction of sp³-hybridized carbons (Fsp3) is 0.771. The predicted octanol–water partition coefficient (Wildman–Crippen LogP) is 9.71. The van der Waals surface area contributed by atoms with Gasteiger partial charge < -0.3 is 19.8 Å². The van der Waals surface area contributed by atoms with Crippen LogP contribution < -0.4 is 0 Å². The van der Waals surface area contributed by atoms with Crippen LogP contribution in [-0.2, 0) is 25.7 Å². The molecule has 4 fully saturated rings. The number of nitrogens with zero attached hydrogens (tertiary/aromatic N) is 2. The number of hydrogen-bond donors (Lipinski definition) is 2. The quantitative estimate of drug-likeness (QED) is 0.190. The number of hydrogen-bond acceptors (Lipinski definition) is 7. The van der Waals surface area contributed by atoms with Gasteiger partial charge in [0.15, 0.2) is 5.78 Å². The van der Waals surface area contributed by atoms with Gasteiger partial charge in [-0.3, -0.25) is 19.3 Å². The van der Waals surface area contributed by atoms with Crippen molar-refractivity contribution in [1.29, 1.82) is 0 Å². The highest BCUT2D eigenvalue weighted by atomic mass is 35.5. The van der Waals surface area contributed by atoms with E-state index < -0.39 is 17.4 Å². The predicted molar refractivity (Wildman–Crippen MR) is 229 cm³/mol. The molecule has 8 unspecified atom stereocenters. The van der Waals surface area contributed by atoms with Gasteiger partial charge in [0.2, 0.25) is 0 Å². The van der Waals surface area contributed by atoms with Crippen molar-refractivity contribution >= 4 is 29.3 Å². The van der Waals surface area contributed by atoms with Crippen molar-refractivity contribution in [3.05, 3.63) is 46.0 Å². The highest BCUT2D eigenvalue weighted by Crippen LogP contribution is 2.73. The number of rotatable bonds is 13. The van der Waals surface area contributed by atoms with E-state index in [9.17, 15) is 19.5 Å². The van der Waals surface area contributed by atoms with Crippen LogP contribution in [0.2, 0.25) is 5.02 Å². The van der Waals surface area contributed by atoms with Crippen LogP contribution in [0.15, 0.2) is 35.4 Å². The molecule has 9 heteroatoms. The summed E-state index contributed by atoms with van der Waals surface area (Å²) in [6.07, 6.45) is 10.2. The zero-order valence-electron chi connectivity index (χ0n) is 37.2. The van der Waals surface area contributed by atoms with E-state index in [0.29, 0.717) is 35.9 Å². The Hall–Kier alpha value is -2.26. The minimum Gasteiger partial charge on any atom is -0.481 e. The lowest BCUT2D eigenvalue weighted by Gasteiger charge is -2.69. The maximum atomic E-state index is 14.2. The smallest absolute Gasteiger partial charge is 0.309 e. The Bertz CT molecular complexity index is 1650. The number of aliphatic hydroxyl groups excluding tert-OH is 1. The third kappa shape index (κ3) is 8.82. The molecule has 0 aromatic heterocycles. The molecule has 5 aliphatic rings. The van der Waals surface area contributed by atoms with E-state index in [1.54, 1.807) is 19.4 Å². The Balaban J connectivity index is 0.00000305. The van der Waals surface area contributed by atoms with Crippen LogP contribution in [0.4, 0.5) is 0 Å². The average molecular weight is 812 g/mol. The first-order valence-electron chi connectivity index (χ1n) is 21.9. The maximum Gasteiger partial charge on any atom is 0.309 e. The highest BCUT2D eigenvalue weighted by Gasteiger charge is 2.66. The molecule has 0 radical (unpaired) electrons. The number of allylic oxidation sites excluding steroid dienone is 2. The molecule has 0 aliphatic heterocycles. The molecule has 0 spiro atoms. The minimum atomic E-state index is -1.15. The van der Waals surface area contributed by atoms with E-state index in [-0.39, 0.29) is 40.1 Å². The summed E-state index contributed by atoms with van der Waals surface area (Å²) >= 11 is 6.25. The normalized spacial score (nSPS) is 33.3. The molecule has 0 bridgehead atoms. The second kappa shape index (κ2) is 17.4. The monoisotopic (exact) mass is 811 g/mol. The Morgan fingerprint density at radius 2 is 1.54 bits per heavy atom. The number of likely N-dealkylation sites (N-methyl/N-ethyl adjacent to an activating group) is 1. The van der Waals surface area contributed by atoms with Crippen LogP contribution >= 0.6 is 11.6 Å². The molecule has 0 heterocycles. The molecular weight excluding hydrogens is 736 g/mol. The first-order valence-corrected chi connectivity index (χ1v) is 22.3. The maximum absolute atomic E-state index is 14.2. The lowest BCUT2D eigenvalue weighted by atomic mass is 9.36. The second-order valence-corrected chi connectivity index (χ2v) is 21.4. The van der Waals surface area contributed by atoms with Crippen LogP contribution in [0.25, 0.3) is 0 Å². The number of ketones is 1. The summed E-state index contributed by atoms with van der Waals surface area (Å²) in [6.45, 7) is 21.3. The molecule has 0 amide bonds. The second-order valence-electron chi connectivity index (χ2n) is 21.0. The number of halogens is 1. The Kier molecular flexibility index (Phi) is 14.0. The number of carbonyl (C=O) groups excluding carboxylic acids is 2. The zero-order chi connectivity index (χ0) is 42.3. The van der Waals surface area contributed by atoms with Gasteiger partial charge in [0, 0.05) is 49.0 Å². The number of carboxylic acids is 1. The van der Waals surface area contributed by atoms with Crippen molar-refractivity contribution in [3.63, 3.8) is 0 Å². The molecule has 6 rings (SSSR count). The fourth-order valence-corrected chi connectivity index (χ4v) is 13.5. The van der Waals surface area contributed by atoms with Crippen molar-refractivity contribution in [2.45, 2.75) is 139 Å². The number of benzene rings is 1. The summed E-state index contributed by atoms with van der Waals surface area (Å²) in [5.74, 6) is 1.31. The summed E-state index contributed by atoms with van der Waals surface area (Å²) in [4.78, 5) is 43.9. The van der Waals surface area contributed by atoms with Crippen LogP contribution in [0.5, 0.6) is 0 Å². The molecular formula is C48H75ClN2O6. The van der Waals surface area contributed by atoms with Crippen molar-refractivity contribution in [3.8, 4) is 0 Å². The third-order valence-corrected chi connectivity index (χ3v) is 16.5. The molecule has 1 aromatic carbocycles. The van der Waals surface area contributed by atoms with Crippen molar-refractivity contribution in [1.82, 2.24) is 9.80 Å². The molecule has 57 heavy (non-hydrogen) atoms. The standard InChI is InChI=1S/C47H71ClN2O5.CH4O/c1-30(2)40-35(51)27-47(23-24-50(26-25-49(9)10)29-31-11-13-32(48)14-12-31)22-17-34-33(41(40)47)15-16-37-45(34,7)20-18-36-44(5,6)38(19-21-46(36,37)8)55-39(52)28-43(3,4)42(53)54;1-2/h11-14,30,33-34,36-38H,15-29H2,1-10H3,(H,53,54);2H,1H3. The van der Waals surface area contributed by atoms with E-state index in [1.165, 1.54) is 30.4 Å². The van der Waals surface area contributed by atoms with Crippen LogP contribution in [0.1, 0.15) is 132 Å². The summed E-state index contributed by atoms with van der Waals surface area (Å²) in [7, 11) is 5.29. The largest absolute Gasteiger partial charge is 0.481 e. The highest BCUT2D eigenvalue weighted by molar-refractivity contribution is 6.30. The Labute approximate surface area is 349 Å². The number of carbonyl (C=O) groups is 3. The Morgan fingerprint density at radius 3 is 2.16 bits per heavy atom. The van der Waals surface area contributed by atoms with Gasteiger partial charge in [-0.1, -0.05) is 70.8 Å². The van der Waals surface area contributed by atoms with Gasteiger partial charge in [-0.05, 0) is 156 Å². The summed E-state index contributed by atoms with van der Waals surface area (Å²) in [5.41, 5.74) is 2.94. The average Bonchev–Trinajstić information content (AvgIpc) is 3.44. The number of aliphatic hydroxyl groups is 1. The van der Waals surface area contributed by atoms with Gasteiger partial charge in [0.05, 0.1) is 11.8 Å². The summed E-state index contributed by atoms with van der Waals surface area (Å²) < 4.78 is 6.19. The van der Waals surface area contributed by atoms with E-state index in [1.807, 2.05) is 12.1 Å². The molecule has 8 nitrogen and oxygen atoms in total. The van der Waals surface area contributed by atoms with Gasteiger partial charge in [-0.15, -0.1) is 0 Å². The van der Waals surface area contributed by atoms with E-state index in [2.05, 4.69) is 77.6 Å². The number of Topliss-reactive ketones (excluding diaryl/α,β-unsaturated/α-hetero) is 1. The van der Waals surface area contributed by atoms with Crippen LogP contribution in [0.3, 0.4) is 0 Å². The van der Waals surface area contributed by atoms with E-state index in [4.69, 9.17) is 21.4 Å². The summed E-state index contributed by atoms with van der Waals surface area (Å²) in [5, 5.41) is 17.4. The first-order chi connectivity index (χ1) is 26.6. The molecule has 2 N–H and O–H groups in total. The lowest BCUT2D eigenvalue weighted by Crippen LogP contribution is -2.63. The number of esters is 1. The van der Waals surface area contributed by atoms with Crippen molar-refractivity contribution in [2.24, 2.45) is 56.7 Å². The molecule has 5 aliphatic carbocycles.